The number of aromatic carboxylic acids is 1. The SMILES string of the molecule is CCCc1nc2c(C)cc(C(=O)N[C@@H](CSC(C)=O)Cc3ccccc3)cc2n1Cc1ccc(-c2ccccc2C(=O)O)cc1. The topological polar surface area (TPSA) is 101 Å². The van der Waals surface area contributed by atoms with Crippen LogP contribution in [0.1, 0.15) is 63.5 Å². The number of hydrogen-bond acceptors (Lipinski definition) is 5. The molecule has 5 rings (SSSR count). The molecule has 0 fully saturated rings. The molecule has 4 aromatic carbocycles. The molecule has 0 aliphatic carbocycles. The smallest absolute Gasteiger partial charge is 0.336 e. The first-order chi connectivity index (χ1) is 21.7. The van der Waals surface area contributed by atoms with Crippen LogP contribution in [0.25, 0.3) is 22.2 Å². The van der Waals surface area contributed by atoms with E-state index < -0.39 is 5.97 Å². The number of aromatic nitrogens is 2. The third-order valence-corrected chi connectivity index (χ3v) is 8.75. The van der Waals surface area contributed by atoms with Crippen LogP contribution < -0.4 is 5.32 Å². The van der Waals surface area contributed by atoms with Crippen molar-refractivity contribution < 1.29 is 19.5 Å². The highest BCUT2D eigenvalue weighted by atomic mass is 32.2. The van der Waals surface area contributed by atoms with Gasteiger partial charge in [0.2, 0.25) is 0 Å². The lowest BCUT2D eigenvalue weighted by molar-refractivity contribution is -0.109. The molecule has 0 aliphatic rings. The van der Waals surface area contributed by atoms with Crippen LogP contribution in [0.2, 0.25) is 0 Å². The largest absolute Gasteiger partial charge is 0.478 e. The summed E-state index contributed by atoms with van der Waals surface area (Å²) >= 11 is 1.22. The highest BCUT2D eigenvalue weighted by Crippen LogP contribution is 2.27. The maximum atomic E-state index is 13.7. The van der Waals surface area contributed by atoms with Crippen molar-refractivity contribution in [3.8, 4) is 11.1 Å². The first-order valence-electron chi connectivity index (χ1n) is 15.1. The van der Waals surface area contributed by atoms with Crippen LogP contribution in [-0.4, -0.2) is 43.4 Å². The van der Waals surface area contributed by atoms with E-state index in [9.17, 15) is 19.5 Å². The molecule has 45 heavy (non-hydrogen) atoms. The molecule has 0 spiro atoms. The highest BCUT2D eigenvalue weighted by molar-refractivity contribution is 8.13. The fraction of sp³-hybridized carbons (Fsp3) is 0.243. The van der Waals surface area contributed by atoms with Crippen molar-refractivity contribution in [1.82, 2.24) is 14.9 Å². The van der Waals surface area contributed by atoms with Crippen LogP contribution in [-0.2, 0) is 24.2 Å². The number of nitrogens with zero attached hydrogens (tertiary/aromatic N) is 2. The molecular formula is C37H37N3O4S. The highest BCUT2D eigenvalue weighted by Gasteiger charge is 2.20. The summed E-state index contributed by atoms with van der Waals surface area (Å²) in [6.45, 7) is 6.20. The molecule has 0 unspecified atom stereocenters. The molecule has 0 bridgehead atoms. The maximum Gasteiger partial charge on any atom is 0.336 e. The van der Waals surface area contributed by atoms with E-state index >= 15 is 0 Å². The number of carboxylic acid groups (broad SMARTS) is 1. The molecule has 1 aromatic heterocycles. The van der Waals surface area contributed by atoms with E-state index in [0.29, 0.717) is 29.8 Å². The lowest BCUT2D eigenvalue weighted by Crippen LogP contribution is -2.38. The molecular weight excluding hydrogens is 582 g/mol. The van der Waals surface area contributed by atoms with Gasteiger partial charge in [-0.25, -0.2) is 9.78 Å². The number of carbonyl (C=O) groups is 3. The van der Waals surface area contributed by atoms with Gasteiger partial charge in [-0.05, 0) is 65.8 Å². The van der Waals surface area contributed by atoms with Gasteiger partial charge in [0, 0.05) is 37.2 Å². The molecule has 0 saturated heterocycles. The predicted octanol–water partition coefficient (Wildman–Crippen LogP) is 7.33. The number of fused-ring (bicyclic) bond motifs is 1. The molecule has 7 nitrogen and oxygen atoms in total. The number of imidazole rings is 1. The van der Waals surface area contributed by atoms with E-state index in [1.807, 2.05) is 85.8 Å². The second kappa shape index (κ2) is 14.4. The summed E-state index contributed by atoms with van der Waals surface area (Å²) in [7, 11) is 0. The van der Waals surface area contributed by atoms with Crippen molar-refractivity contribution in [3.63, 3.8) is 0 Å². The minimum absolute atomic E-state index is 0.0195. The van der Waals surface area contributed by atoms with E-state index in [1.165, 1.54) is 11.8 Å². The van der Waals surface area contributed by atoms with Gasteiger partial charge in [0.1, 0.15) is 5.82 Å². The molecule has 0 radical (unpaired) electrons. The second-order valence-electron chi connectivity index (χ2n) is 11.2. The number of rotatable bonds is 12. The Morgan fingerprint density at radius 3 is 2.33 bits per heavy atom. The predicted molar refractivity (Wildman–Crippen MR) is 181 cm³/mol. The number of nitrogens with one attached hydrogen (secondary N) is 1. The van der Waals surface area contributed by atoms with Crippen molar-refractivity contribution in [3.05, 3.63) is 125 Å². The normalized spacial score (nSPS) is 11.8. The van der Waals surface area contributed by atoms with Crippen LogP contribution in [0.3, 0.4) is 0 Å². The molecule has 0 saturated carbocycles. The summed E-state index contributed by atoms with van der Waals surface area (Å²) in [5.41, 5.74) is 7.15. The van der Waals surface area contributed by atoms with Gasteiger partial charge in [-0.3, -0.25) is 9.59 Å². The number of aryl methyl sites for hydroxylation is 2. The van der Waals surface area contributed by atoms with E-state index in [0.717, 1.165) is 52.0 Å². The monoisotopic (exact) mass is 619 g/mol. The first kappa shape index (κ1) is 31.7. The fourth-order valence-corrected chi connectivity index (χ4v) is 6.23. The number of carboxylic acids is 1. The van der Waals surface area contributed by atoms with Crippen molar-refractivity contribution in [2.75, 3.05) is 5.75 Å². The molecule has 1 atom stereocenters. The fourth-order valence-electron chi connectivity index (χ4n) is 5.59. The number of benzene rings is 4. The average Bonchev–Trinajstić information content (AvgIpc) is 3.38. The zero-order valence-electron chi connectivity index (χ0n) is 25.7. The van der Waals surface area contributed by atoms with Crippen molar-refractivity contribution in [2.24, 2.45) is 0 Å². The summed E-state index contributed by atoms with van der Waals surface area (Å²) < 4.78 is 2.18. The molecule has 5 aromatic rings. The Morgan fingerprint density at radius 2 is 1.64 bits per heavy atom. The summed E-state index contributed by atoms with van der Waals surface area (Å²) in [4.78, 5) is 42.1. The molecule has 230 valence electrons. The number of amides is 1. The third kappa shape index (κ3) is 7.70. The van der Waals surface area contributed by atoms with Crippen LogP contribution in [0.5, 0.6) is 0 Å². The second-order valence-corrected chi connectivity index (χ2v) is 12.4. The Bertz CT molecular complexity index is 1830. The van der Waals surface area contributed by atoms with Gasteiger partial charge in [-0.2, -0.15) is 0 Å². The lowest BCUT2D eigenvalue weighted by Gasteiger charge is -2.19. The van der Waals surface area contributed by atoms with Crippen LogP contribution in [0.4, 0.5) is 0 Å². The van der Waals surface area contributed by atoms with Gasteiger partial charge in [0.25, 0.3) is 5.91 Å². The zero-order valence-corrected chi connectivity index (χ0v) is 26.6. The average molecular weight is 620 g/mol. The van der Waals surface area contributed by atoms with Gasteiger partial charge >= 0.3 is 5.97 Å². The van der Waals surface area contributed by atoms with Gasteiger partial charge in [0.15, 0.2) is 5.12 Å². The number of thioether (sulfide) groups is 1. The van der Waals surface area contributed by atoms with Crippen molar-refractivity contribution >= 4 is 39.8 Å². The quantitative estimate of drug-likeness (QED) is 0.152. The molecule has 1 heterocycles. The van der Waals surface area contributed by atoms with E-state index in [2.05, 4.69) is 16.8 Å². The van der Waals surface area contributed by atoms with Gasteiger partial charge in [0.05, 0.1) is 16.6 Å². The van der Waals surface area contributed by atoms with Crippen molar-refractivity contribution in [1.29, 1.82) is 0 Å². The number of carbonyl (C=O) groups excluding carboxylic acids is 2. The van der Waals surface area contributed by atoms with Crippen LogP contribution in [0, 0.1) is 6.92 Å². The molecule has 0 aliphatic heterocycles. The summed E-state index contributed by atoms with van der Waals surface area (Å²) in [6.07, 6.45) is 2.34. The van der Waals surface area contributed by atoms with E-state index in [-0.39, 0.29) is 22.6 Å². The van der Waals surface area contributed by atoms with E-state index in [4.69, 9.17) is 4.98 Å². The standard InChI is InChI=1S/C37H37N3O4S/c1-4-10-34-39-35-24(2)19-29(36(42)38-30(23-45-25(3)41)20-26-11-6-5-7-12-26)21-33(35)40(34)22-27-15-17-28(18-16-27)31-13-8-9-14-32(31)37(43)44/h5-9,11-19,21,30H,4,10,20,22-23H2,1-3H3,(H,38,42)(H,43,44)/t30-/m1/s1. The van der Waals surface area contributed by atoms with Gasteiger partial charge < -0.3 is 15.0 Å². The van der Waals surface area contributed by atoms with Gasteiger partial charge in [-0.15, -0.1) is 0 Å². The molecule has 1 amide bonds. The summed E-state index contributed by atoms with van der Waals surface area (Å²) in [5, 5.41) is 12.8. The Labute approximate surface area is 267 Å². The Kier molecular flexibility index (Phi) is 10.1. The Balaban J connectivity index is 1.44. The molecule has 2 N–H and O–H groups in total. The number of hydrogen-bond donors (Lipinski definition) is 2. The molecule has 8 heteroatoms. The summed E-state index contributed by atoms with van der Waals surface area (Å²) in [6, 6.07) is 28.5. The van der Waals surface area contributed by atoms with Crippen LogP contribution in [0.15, 0.2) is 91.0 Å². The van der Waals surface area contributed by atoms with E-state index in [1.54, 1.807) is 19.1 Å². The Morgan fingerprint density at radius 1 is 0.933 bits per heavy atom. The zero-order chi connectivity index (χ0) is 31.9. The first-order valence-corrected chi connectivity index (χ1v) is 16.1. The maximum absolute atomic E-state index is 13.7. The third-order valence-electron chi connectivity index (χ3n) is 7.77. The van der Waals surface area contributed by atoms with Crippen LogP contribution >= 0.6 is 11.8 Å². The van der Waals surface area contributed by atoms with Gasteiger partial charge in [-0.1, -0.05) is 91.5 Å². The minimum atomic E-state index is -0.956. The minimum Gasteiger partial charge on any atom is -0.478 e. The Hall–Kier alpha value is -4.69. The lowest BCUT2D eigenvalue weighted by atomic mass is 9.98. The van der Waals surface area contributed by atoms with Crippen molar-refractivity contribution in [2.45, 2.75) is 52.6 Å². The summed E-state index contributed by atoms with van der Waals surface area (Å²) in [5.74, 6) is 0.301.